The molecule has 0 spiro atoms. The van der Waals surface area contributed by atoms with Crippen LogP contribution in [-0.2, 0) is 24.1 Å². The van der Waals surface area contributed by atoms with Gasteiger partial charge in [-0.1, -0.05) is 37.5 Å². The molecular formula is C25H30N2O2. The highest BCUT2D eigenvalue weighted by Gasteiger charge is 2.23. The largest absolute Gasteiger partial charge is 0.339 e. The van der Waals surface area contributed by atoms with Crippen LogP contribution in [0, 0.1) is 0 Å². The van der Waals surface area contributed by atoms with Gasteiger partial charge in [-0.05, 0) is 73.1 Å². The van der Waals surface area contributed by atoms with Crippen LogP contribution in [0.5, 0.6) is 0 Å². The monoisotopic (exact) mass is 390 g/mol. The zero-order chi connectivity index (χ0) is 20.2. The highest BCUT2D eigenvalue weighted by atomic mass is 16.2. The van der Waals surface area contributed by atoms with E-state index in [-0.39, 0.29) is 11.8 Å². The molecule has 0 aliphatic heterocycles. The van der Waals surface area contributed by atoms with E-state index in [0.717, 1.165) is 36.9 Å². The van der Waals surface area contributed by atoms with Crippen molar-refractivity contribution in [1.29, 1.82) is 0 Å². The number of rotatable bonds is 5. The molecule has 1 fully saturated rings. The summed E-state index contributed by atoms with van der Waals surface area (Å²) in [5.74, 6) is 0.0364. The molecule has 0 atom stereocenters. The van der Waals surface area contributed by atoms with Gasteiger partial charge in [-0.15, -0.1) is 0 Å². The minimum absolute atomic E-state index is 0.0265. The lowest BCUT2D eigenvalue weighted by Gasteiger charge is -2.31. The number of benzene rings is 2. The van der Waals surface area contributed by atoms with Crippen molar-refractivity contribution in [3.8, 4) is 0 Å². The van der Waals surface area contributed by atoms with Gasteiger partial charge >= 0.3 is 0 Å². The average Bonchev–Trinajstić information content (AvgIpc) is 3.22. The Labute approximate surface area is 173 Å². The SMILES string of the molecule is CN(C(=O)c1ccc(NC(=O)Cc2ccc3c(c2)CCC3)cc1)C1CCCCC1. The molecule has 4 rings (SSSR count). The van der Waals surface area contributed by atoms with Gasteiger partial charge in [0, 0.05) is 24.3 Å². The Balaban J connectivity index is 1.34. The predicted molar refractivity (Wildman–Crippen MR) is 116 cm³/mol. The maximum Gasteiger partial charge on any atom is 0.253 e. The van der Waals surface area contributed by atoms with Crippen LogP contribution in [-0.4, -0.2) is 29.8 Å². The maximum absolute atomic E-state index is 12.8. The summed E-state index contributed by atoms with van der Waals surface area (Å²) in [6.07, 6.45) is 9.74. The lowest BCUT2D eigenvalue weighted by molar-refractivity contribution is -0.115. The van der Waals surface area contributed by atoms with Crippen LogP contribution >= 0.6 is 0 Å². The van der Waals surface area contributed by atoms with Gasteiger partial charge in [0.05, 0.1) is 6.42 Å². The minimum Gasteiger partial charge on any atom is -0.339 e. The third-order valence-electron chi connectivity index (χ3n) is 6.39. The highest BCUT2D eigenvalue weighted by molar-refractivity contribution is 5.96. The number of aryl methyl sites for hydroxylation is 2. The Morgan fingerprint density at radius 2 is 1.66 bits per heavy atom. The summed E-state index contributed by atoms with van der Waals surface area (Å²) in [4.78, 5) is 27.1. The van der Waals surface area contributed by atoms with E-state index in [1.165, 1.54) is 36.8 Å². The van der Waals surface area contributed by atoms with Crippen LogP contribution in [0.4, 0.5) is 5.69 Å². The molecule has 2 aliphatic carbocycles. The lowest BCUT2D eigenvalue weighted by atomic mass is 9.94. The van der Waals surface area contributed by atoms with E-state index in [2.05, 4.69) is 23.5 Å². The molecule has 2 aromatic carbocycles. The number of hydrogen-bond acceptors (Lipinski definition) is 2. The Morgan fingerprint density at radius 1 is 0.931 bits per heavy atom. The van der Waals surface area contributed by atoms with Gasteiger partial charge in [0.25, 0.3) is 5.91 Å². The number of fused-ring (bicyclic) bond motifs is 1. The van der Waals surface area contributed by atoms with Gasteiger partial charge in [0.2, 0.25) is 5.91 Å². The molecule has 1 N–H and O–H groups in total. The van der Waals surface area contributed by atoms with E-state index >= 15 is 0 Å². The first-order valence-electron chi connectivity index (χ1n) is 10.9. The van der Waals surface area contributed by atoms with Gasteiger partial charge < -0.3 is 10.2 Å². The van der Waals surface area contributed by atoms with E-state index in [0.29, 0.717) is 18.0 Å². The number of anilines is 1. The summed E-state index contributed by atoms with van der Waals surface area (Å²) in [6.45, 7) is 0. The number of nitrogens with one attached hydrogen (secondary N) is 1. The third kappa shape index (κ3) is 4.69. The molecule has 4 heteroatoms. The molecular weight excluding hydrogens is 360 g/mol. The van der Waals surface area contributed by atoms with Crippen LogP contribution in [0.3, 0.4) is 0 Å². The normalized spacial score (nSPS) is 16.3. The summed E-state index contributed by atoms with van der Waals surface area (Å²) >= 11 is 0. The van der Waals surface area contributed by atoms with Gasteiger partial charge in [0.1, 0.15) is 0 Å². The third-order valence-corrected chi connectivity index (χ3v) is 6.39. The summed E-state index contributed by atoms with van der Waals surface area (Å²) in [7, 11) is 1.91. The summed E-state index contributed by atoms with van der Waals surface area (Å²) in [5.41, 5.74) is 5.28. The van der Waals surface area contributed by atoms with E-state index in [1.54, 1.807) is 0 Å². The van der Waals surface area contributed by atoms with Crippen LogP contribution in [0.25, 0.3) is 0 Å². The second-order valence-corrected chi connectivity index (χ2v) is 8.47. The summed E-state index contributed by atoms with van der Waals surface area (Å²) < 4.78 is 0. The fourth-order valence-corrected chi connectivity index (χ4v) is 4.66. The molecule has 2 amide bonds. The van der Waals surface area contributed by atoms with Crippen molar-refractivity contribution in [2.45, 2.75) is 63.8 Å². The number of hydrogen-bond donors (Lipinski definition) is 1. The van der Waals surface area contributed by atoms with Crippen molar-refractivity contribution < 1.29 is 9.59 Å². The predicted octanol–water partition coefficient (Wildman–Crippen LogP) is 4.76. The van der Waals surface area contributed by atoms with Crippen molar-refractivity contribution in [1.82, 2.24) is 4.90 Å². The molecule has 0 aromatic heterocycles. The minimum atomic E-state index is -0.0265. The summed E-state index contributed by atoms with van der Waals surface area (Å²) in [6, 6.07) is 14.0. The molecule has 2 aliphatic rings. The second-order valence-electron chi connectivity index (χ2n) is 8.47. The van der Waals surface area contributed by atoms with E-state index in [1.807, 2.05) is 36.2 Å². The van der Waals surface area contributed by atoms with Crippen molar-refractivity contribution in [3.63, 3.8) is 0 Å². The molecule has 0 bridgehead atoms. The van der Waals surface area contributed by atoms with Crippen molar-refractivity contribution in [3.05, 3.63) is 64.7 Å². The Bertz CT molecular complexity index is 882. The van der Waals surface area contributed by atoms with Crippen LogP contribution in [0.1, 0.15) is 65.6 Å². The molecule has 1 saturated carbocycles. The van der Waals surface area contributed by atoms with Crippen LogP contribution in [0.15, 0.2) is 42.5 Å². The molecule has 0 unspecified atom stereocenters. The molecule has 0 heterocycles. The molecule has 0 radical (unpaired) electrons. The zero-order valence-corrected chi connectivity index (χ0v) is 17.2. The van der Waals surface area contributed by atoms with Gasteiger partial charge in [-0.3, -0.25) is 9.59 Å². The molecule has 4 nitrogen and oxygen atoms in total. The zero-order valence-electron chi connectivity index (χ0n) is 17.2. The van der Waals surface area contributed by atoms with Crippen LogP contribution < -0.4 is 5.32 Å². The van der Waals surface area contributed by atoms with Crippen molar-refractivity contribution in [2.24, 2.45) is 0 Å². The van der Waals surface area contributed by atoms with Crippen LogP contribution in [0.2, 0.25) is 0 Å². The first-order valence-corrected chi connectivity index (χ1v) is 10.9. The maximum atomic E-state index is 12.8. The standard InChI is InChI=1S/C25H30N2O2/c1-27(23-8-3-2-4-9-23)25(29)20-12-14-22(15-13-20)26-24(28)17-18-10-11-19-6-5-7-21(19)16-18/h10-16,23H,2-9,17H2,1H3,(H,26,28). The number of nitrogens with zero attached hydrogens (tertiary/aromatic N) is 1. The second kappa shape index (κ2) is 8.81. The number of carbonyl (C=O) groups excluding carboxylic acids is 2. The molecule has 2 aromatic rings. The van der Waals surface area contributed by atoms with E-state index in [4.69, 9.17) is 0 Å². The quantitative estimate of drug-likeness (QED) is 0.800. The Hall–Kier alpha value is -2.62. The molecule has 29 heavy (non-hydrogen) atoms. The highest BCUT2D eigenvalue weighted by Crippen LogP contribution is 2.24. The first kappa shape index (κ1) is 19.7. The number of amides is 2. The van der Waals surface area contributed by atoms with Crippen molar-refractivity contribution in [2.75, 3.05) is 12.4 Å². The smallest absolute Gasteiger partial charge is 0.253 e. The average molecular weight is 391 g/mol. The molecule has 0 saturated heterocycles. The van der Waals surface area contributed by atoms with Crippen molar-refractivity contribution >= 4 is 17.5 Å². The van der Waals surface area contributed by atoms with Gasteiger partial charge in [-0.25, -0.2) is 0 Å². The molecule has 152 valence electrons. The number of carbonyl (C=O) groups is 2. The van der Waals surface area contributed by atoms with E-state index < -0.39 is 0 Å². The summed E-state index contributed by atoms with van der Waals surface area (Å²) in [5, 5.41) is 2.95. The lowest BCUT2D eigenvalue weighted by Crippen LogP contribution is -2.38. The topological polar surface area (TPSA) is 49.4 Å². The Morgan fingerprint density at radius 3 is 2.41 bits per heavy atom. The Kier molecular flexibility index (Phi) is 5.98. The fourth-order valence-electron chi connectivity index (χ4n) is 4.66. The first-order chi connectivity index (χ1) is 14.1. The van der Waals surface area contributed by atoms with Gasteiger partial charge in [0.15, 0.2) is 0 Å². The van der Waals surface area contributed by atoms with Gasteiger partial charge in [-0.2, -0.15) is 0 Å². The fraction of sp³-hybridized carbons (Fsp3) is 0.440. The van der Waals surface area contributed by atoms with E-state index in [9.17, 15) is 9.59 Å².